The lowest BCUT2D eigenvalue weighted by molar-refractivity contribution is 0.0577. The summed E-state index contributed by atoms with van der Waals surface area (Å²) < 4.78 is 19.6. The molecule has 61 heteroatoms. The van der Waals surface area contributed by atoms with Crippen LogP contribution < -0.4 is 10.2 Å². The number of carbonyl (C=O) groups excluding carboxylic acids is 2. The van der Waals surface area contributed by atoms with E-state index in [2.05, 4.69) is 0 Å². The number of para-hydroxylation sites is 1. The maximum absolute atomic E-state index is 12.8. The van der Waals surface area contributed by atoms with E-state index in [9.17, 15) is 14.7 Å². The molecule has 8 rings (SSSR count). The third-order valence-electron chi connectivity index (χ3n) is 10.5. The number of hydrogen-bond acceptors (Lipinski definition) is 10. The van der Waals surface area contributed by atoms with E-state index in [1.807, 2.05) is 350 Å². The molecule has 0 unspecified atom stereocenters. The van der Waals surface area contributed by atoms with Crippen molar-refractivity contribution in [2.75, 3.05) is 14.2 Å². The molecule has 0 saturated heterocycles. The summed E-state index contributed by atoms with van der Waals surface area (Å²) in [6.07, 6.45) is 0. The first kappa shape index (κ1) is 105. The highest BCUT2D eigenvalue weighted by Gasteiger charge is 2.27. The minimum absolute atomic E-state index is 0. The van der Waals surface area contributed by atoms with Gasteiger partial charge in [-0.05, 0) is 89.4 Å². The molecule has 2 aromatic heterocycles. The van der Waals surface area contributed by atoms with Gasteiger partial charge in [-0.3, -0.25) is 0 Å². The fourth-order valence-corrected chi connectivity index (χ4v) is 123. The smallest absolute Gasteiger partial charge is 0.488 e. The summed E-state index contributed by atoms with van der Waals surface area (Å²) >= 11 is 33.8. The number of aromatic nitrogens is 2. The monoisotopic (exact) mass is 2380 g/mol. The van der Waals surface area contributed by atoms with Gasteiger partial charge in [0.25, 0.3) is 0 Å². The lowest BCUT2D eigenvalue weighted by Gasteiger charge is -2.11. The van der Waals surface area contributed by atoms with Crippen molar-refractivity contribution in [1.82, 2.24) is 9.13 Å². The van der Waals surface area contributed by atoms with E-state index in [0.29, 0.717) is 66.7 Å². The molecule has 0 atom stereocenters. The Balaban J connectivity index is 0.000000337. The molecule has 0 aliphatic rings. The van der Waals surface area contributed by atoms with Crippen LogP contribution in [-0.4, -0.2) is 57.6 Å². The normalized spacial score (nSPS) is 9.30. The number of halogens is 4. The van der Waals surface area contributed by atoms with Gasteiger partial charge in [0.05, 0.1) is 25.3 Å². The molecule has 0 amide bonds. The second-order valence-corrected chi connectivity index (χ2v) is 95.9. The second kappa shape index (κ2) is 68.7. The molecule has 0 fully saturated rings. The minimum Gasteiger partial charge on any atom is -0.505 e. The predicted octanol–water partition coefficient (Wildman–Crippen LogP) is 11.0. The molecular formula is C47H41BCl4N2O8S46. The summed E-state index contributed by atoms with van der Waals surface area (Å²) in [6, 6.07) is 43.2. The number of fused-ring (bicyclic) bond motifs is 2. The van der Waals surface area contributed by atoms with Crippen molar-refractivity contribution < 1.29 is 39.0 Å². The topological polar surface area (TPSA) is 132 Å². The Kier molecular flexibility index (Phi) is 66.5. The molecule has 108 heavy (non-hydrogen) atoms. The molecule has 0 aliphatic carbocycles. The highest BCUT2D eigenvalue weighted by molar-refractivity contribution is 8.82. The standard InChI is InChI=1S/C23H17Cl2NO3.C17H13Cl2NO3.C6H7BO2.CH4.S46/c1-28-23(27)21-22(29-18-5-3-2-4-6-18)19-13-17(25)11-12-20(19)26(21)14-15-7-9-16(24)10-8-15;1-23-17(22)15-16(21)13-8-12(19)6-7-14(13)20(15)9-10-2-4-11(18)5-3-10;8-7(9)6-4-2-1-3-5-6;;1-3-5-7-9-11-13-15-17-19-21-23-25-27-29-31-33-35-37-39-41-43-45-46-44-42-40-38-36-34-32-30-28-26-24-22-20-18-16-14-12-10-8-6-4-2/h2-13H,14H2,1H3;2-8,21H,9H2,1H3;1-5,8-9H;1H4;. The molecule has 3 N–H and O–H groups in total. The van der Waals surface area contributed by atoms with E-state index < -0.39 is 19.1 Å². The summed E-state index contributed by atoms with van der Waals surface area (Å²) in [4.78, 5) is 24.9. The molecule has 10 nitrogen and oxygen atoms in total. The van der Waals surface area contributed by atoms with Gasteiger partial charge in [0.15, 0.2) is 22.9 Å². The first-order valence-electron chi connectivity index (χ1n) is 26.0. The fourth-order valence-electron chi connectivity index (χ4n) is 6.89. The molecule has 2 heterocycles. The average molecular weight is 2390 g/mol. The Morgan fingerprint density at radius 1 is 0.370 bits per heavy atom. The van der Waals surface area contributed by atoms with Crippen molar-refractivity contribution in [3.05, 3.63) is 188 Å². The van der Waals surface area contributed by atoms with E-state index >= 15 is 0 Å². The Morgan fingerprint density at radius 3 is 0.935 bits per heavy atom. The number of esters is 2. The first-order chi connectivity index (χ1) is 52.3. The summed E-state index contributed by atoms with van der Waals surface area (Å²) in [5.41, 5.74) is 4.38. The molecule has 0 spiro atoms. The Hall–Kier alpha value is 4.20. The van der Waals surface area contributed by atoms with Gasteiger partial charge in [-0.15, -0.1) is 0 Å². The van der Waals surface area contributed by atoms with Crippen LogP contribution >= 0.6 is 46.4 Å². The van der Waals surface area contributed by atoms with Crippen LogP contribution in [0, 0.1) is 0 Å². The lowest BCUT2D eigenvalue weighted by Crippen LogP contribution is -2.29. The zero-order valence-electron chi connectivity index (χ0n) is 51.4. The number of nitrogens with zero attached hydrogens (tertiary/aromatic N) is 2. The Bertz CT molecular complexity index is 6560. The van der Waals surface area contributed by atoms with Gasteiger partial charge < -0.3 is 38.5 Å². The van der Waals surface area contributed by atoms with Crippen LogP contribution in [0.3, 0.4) is 0 Å². The number of hydrogen-bond donors (Lipinski definition) is 3. The molecule has 8 aromatic rings. The number of aromatic hydroxyl groups is 1. The second-order valence-electron chi connectivity index (χ2n) is 16.3. The van der Waals surface area contributed by atoms with Crippen LogP contribution in [-0.2, 0) is 436 Å². The zero-order valence-corrected chi connectivity index (χ0v) is 92.0. The highest BCUT2D eigenvalue weighted by Crippen LogP contribution is 2.39. The van der Waals surface area contributed by atoms with E-state index in [1.165, 1.54) is 32.0 Å². The number of benzene rings is 6. The van der Waals surface area contributed by atoms with Crippen LogP contribution in [0.15, 0.2) is 146 Å². The van der Waals surface area contributed by atoms with Gasteiger partial charge in [-0.1, -0.05) is 127 Å². The van der Waals surface area contributed by atoms with Crippen molar-refractivity contribution in [1.29, 1.82) is 0 Å². The van der Waals surface area contributed by atoms with Crippen molar-refractivity contribution in [3.63, 3.8) is 0 Å². The molecule has 0 radical (unpaired) electrons. The van der Waals surface area contributed by atoms with Crippen LogP contribution in [0.25, 0.3) is 21.8 Å². The molecule has 0 saturated carbocycles. The highest BCUT2D eigenvalue weighted by atomic mass is 35.5. The average Bonchev–Trinajstić information content (AvgIpc) is 1.61. The van der Waals surface area contributed by atoms with Crippen LogP contribution in [0.4, 0.5) is 0 Å². The van der Waals surface area contributed by atoms with Gasteiger partial charge in [0.2, 0.25) is 0 Å². The van der Waals surface area contributed by atoms with E-state index in [0.717, 1.165) is 22.0 Å². The molecule has 594 valence electrons. The lowest BCUT2D eigenvalue weighted by atomic mass is 9.81. The summed E-state index contributed by atoms with van der Waals surface area (Å²) in [5, 5.41) is 31.1. The van der Waals surface area contributed by atoms with Crippen molar-refractivity contribution in [2.45, 2.75) is 20.5 Å². The van der Waals surface area contributed by atoms with Crippen LogP contribution in [0.5, 0.6) is 17.2 Å². The fraction of sp³-hybridized carbons (Fsp3) is 0.106. The zero-order chi connectivity index (χ0) is 76.7. The van der Waals surface area contributed by atoms with Gasteiger partial charge in [0.1, 0.15) is 5.75 Å². The van der Waals surface area contributed by atoms with Gasteiger partial charge in [-0.2, -0.15) is 0 Å². The van der Waals surface area contributed by atoms with E-state index in [4.69, 9.17) is 93.0 Å². The van der Waals surface area contributed by atoms with E-state index in [1.54, 1.807) is 178 Å². The Labute approximate surface area is 778 Å². The van der Waals surface area contributed by atoms with Crippen molar-refractivity contribution in [3.8, 4) is 17.2 Å². The largest absolute Gasteiger partial charge is 0.505 e. The van der Waals surface area contributed by atoms with Crippen LogP contribution in [0.2, 0.25) is 20.1 Å². The first-order valence-corrected chi connectivity index (χ1v) is 87.5. The maximum atomic E-state index is 12.8. The third kappa shape index (κ3) is 45.9. The van der Waals surface area contributed by atoms with Crippen molar-refractivity contribution >= 4 is 506 Å². The molecule has 0 bridgehead atoms. The predicted molar refractivity (Wildman–Crippen MR) is 588 cm³/mol. The number of carbonyl (C=O) groups is 2. The summed E-state index contributed by atoms with van der Waals surface area (Å²) in [7, 11) is 79.7. The van der Waals surface area contributed by atoms with Crippen molar-refractivity contribution in [2.24, 2.45) is 0 Å². The van der Waals surface area contributed by atoms with Gasteiger partial charge in [0, 0.05) is 457 Å². The van der Waals surface area contributed by atoms with Crippen LogP contribution in [0.1, 0.15) is 39.5 Å². The number of rotatable bonds is 9. The quantitative estimate of drug-likeness (QED) is 0.0948. The van der Waals surface area contributed by atoms with Gasteiger partial charge >= 0.3 is 19.1 Å². The number of ether oxygens (including phenoxy) is 3. The molecule has 6 aromatic carbocycles. The minimum atomic E-state index is -1.34. The molecular weight excluding hydrogens is 2350 g/mol. The van der Waals surface area contributed by atoms with E-state index in [-0.39, 0.29) is 18.9 Å². The molecule has 0 aliphatic heterocycles. The summed E-state index contributed by atoms with van der Waals surface area (Å²) in [6.45, 7) is 0.832. The number of methoxy groups -OCH3 is 2. The summed E-state index contributed by atoms with van der Waals surface area (Å²) in [5.74, 6) is -0.206. The third-order valence-corrected chi connectivity index (χ3v) is 107. The SMILES string of the molecule is C.COC(=O)c1c(O)c2cc(Cl)ccc2n1Cc1ccc(Cl)cc1.COC(=O)c1c(Oc2ccccc2)c2cc(Cl)ccc2n1Cc1ccc(Cl)cc1.OB(O)c1ccccc1.S=S=S=S=S=S=S=S=S=S=S=S=S=S=S=S=S=S=S=S=S=S=S=S=S=S=S=S=S=S=S=S=S=S=S=S=S=S=S=S=S=S=S=S=S=S. The maximum Gasteiger partial charge on any atom is 0.488 e. The Morgan fingerprint density at radius 2 is 0.639 bits per heavy atom. The van der Waals surface area contributed by atoms with Gasteiger partial charge in [-0.25, -0.2) is 9.59 Å².